The van der Waals surface area contributed by atoms with E-state index in [9.17, 15) is 43.6 Å². The molecule has 2 amide bonds. The lowest BCUT2D eigenvalue weighted by atomic mass is 9.97. The first-order chi connectivity index (χ1) is 14.3. The minimum absolute atomic E-state index is 0.121. The summed E-state index contributed by atoms with van der Waals surface area (Å²) in [5.74, 6) is -12.4. The number of hydrogen-bond acceptors (Lipinski definition) is 9. The van der Waals surface area contributed by atoms with Crippen molar-refractivity contribution in [3.8, 4) is 0 Å². The number of halogens is 2. The fourth-order valence-electron chi connectivity index (χ4n) is 2.86. The van der Waals surface area contributed by atoms with Gasteiger partial charge in [0.15, 0.2) is 6.04 Å². The maximum atomic E-state index is 14.5. The van der Waals surface area contributed by atoms with Gasteiger partial charge in [0.1, 0.15) is 31.0 Å². The van der Waals surface area contributed by atoms with Crippen LogP contribution in [-0.4, -0.2) is 110 Å². The van der Waals surface area contributed by atoms with Crippen LogP contribution in [0.4, 0.5) is 8.78 Å². The van der Waals surface area contributed by atoms with E-state index >= 15 is 0 Å². The molecule has 0 aromatic heterocycles. The van der Waals surface area contributed by atoms with Crippen LogP contribution < -0.4 is 16.4 Å². The summed E-state index contributed by atoms with van der Waals surface area (Å²) in [6.07, 6.45) is -8.17. The first-order valence-corrected chi connectivity index (χ1v) is 9.33. The zero-order chi connectivity index (χ0) is 24.0. The van der Waals surface area contributed by atoms with Gasteiger partial charge in [-0.15, -0.1) is 0 Å². The monoisotopic (exact) mass is 460 g/mol. The van der Waals surface area contributed by atoms with Gasteiger partial charge in [-0.1, -0.05) is 0 Å². The van der Waals surface area contributed by atoms with Crippen LogP contribution in [0, 0.1) is 0 Å². The topological polar surface area (TPSA) is 234 Å². The molecule has 0 aromatic carbocycles. The highest BCUT2D eigenvalue weighted by atomic mass is 19.3. The second-order valence-corrected chi connectivity index (χ2v) is 7.10. The maximum Gasteiger partial charge on any atom is 0.379 e. The predicted octanol–water partition coefficient (Wildman–Crippen LogP) is -5.12. The second-order valence-electron chi connectivity index (χ2n) is 7.10. The summed E-state index contributed by atoms with van der Waals surface area (Å²) in [6, 6.07) is -0.796. The first-order valence-electron chi connectivity index (χ1n) is 9.33. The van der Waals surface area contributed by atoms with Gasteiger partial charge in [0.2, 0.25) is 0 Å². The normalized spacial score (nSPS) is 28.1. The molecule has 0 aliphatic carbocycles. The average Bonchev–Trinajstić information content (AvgIpc) is 2.96. The fraction of sp³-hybridized carbons (Fsp3) is 0.812. The van der Waals surface area contributed by atoms with E-state index in [0.717, 1.165) is 0 Å². The Bertz CT molecular complexity index is 655. The van der Waals surface area contributed by atoms with E-state index in [1.165, 1.54) is 0 Å². The molecule has 0 spiro atoms. The molecule has 0 aromatic rings. The molecule has 1 aliphatic heterocycles. The van der Waals surface area contributed by atoms with Crippen molar-refractivity contribution in [2.24, 2.45) is 0 Å². The quantitative estimate of drug-likeness (QED) is 0.126. The van der Waals surface area contributed by atoms with Crippen LogP contribution in [-0.2, 0) is 19.1 Å². The summed E-state index contributed by atoms with van der Waals surface area (Å²) in [4.78, 5) is 33.8. The van der Waals surface area contributed by atoms with Gasteiger partial charge >= 0.3 is 11.9 Å². The van der Waals surface area contributed by atoms with E-state index in [1.54, 1.807) is 0 Å². The van der Waals surface area contributed by atoms with E-state index in [4.69, 9.17) is 10.2 Å². The number of aliphatic carboxylic acids is 1. The van der Waals surface area contributed by atoms with Crippen molar-refractivity contribution < 1.29 is 64.3 Å². The van der Waals surface area contributed by atoms with Crippen molar-refractivity contribution in [1.29, 1.82) is 0 Å². The number of aliphatic hydroxyl groups is 5. The minimum Gasteiger partial charge on any atom is -0.480 e. The number of nitrogens with one attached hydrogen (secondary N) is 2. The van der Waals surface area contributed by atoms with Crippen LogP contribution in [0.25, 0.3) is 0 Å². The van der Waals surface area contributed by atoms with Crippen LogP contribution in [0.3, 0.4) is 0 Å². The molecule has 0 bridgehead atoms. The number of ether oxygens (including phenoxy) is 1. The molecule has 1 rings (SSSR count). The third-order valence-corrected chi connectivity index (χ3v) is 4.73. The summed E-state index contributed by atoms with van der Waals surface area (Å²) in [5, 5.41) is 60.2. The summed E-state index contributed by atoms with van der Waals surface area (Å²) in [7, 11) is 0. The highest BCUT2D eigenvalue weighted by Crippen LogP contribution is 2.42. The van der Waals surface area contributed by atoms with Gasteiger partial charge in [-0.3, -0.25) is 14.4 Å². The number of carboxylic acids is 1. The standard InChI is InChI=1S/C16H27F2N3O10/c17-15(18,16(30)12(27)10(26)11(31-16)8(23)6-22)14(29)20-4-2-1-3-7(19)13(28)21-5-9(24)25/h7-8,10-12,22-23,26-27,30H,1-6,19H2,(H,20,29)(H,21,28)(H,24,25)/p+1/t7-,8-,10?,11-,12?,16+/m0/s1. The van der Waals surface area contributed by atoms with Crippen molar-refractivity contribution in [2.45, 2.75) is 61.4 Å². The Morgan fingerprint density at radius 2 is 1.81 bits per heavy atom. The number of quaternary nitrogens is 1. The lowest BCUT2D eigenvalue weighted by Gasteiger charge is -2.33. The molecule has 11 N–H and O–H groups in total. The molecule has 1 saturated heterocycles. The second kappa shape index (κ2) is 11.0. The van der Waals surface area contributed by atoms with Crippen LogP contribution in [0.5, 0.6) is 0 Å². The van der Waals surface area contributed by atoms with E-state index < -0.39 is 73.1 Å². The SMILES string of the molecule is [NH3+][C@@H](CCCCNC(=O)C(F)(F)[C@]1(O)O[C@@H]([C@@H](O)CO)C(O)C1O)C(=O)NCC(=O)O. The molecule has 6 atom stereocenters. The van der Waals surface area contributed by atoms with E-state index in [2.05, 4.69) is 15.8 Å². The molecule has 1 aliphatic rings. The Morgan fingerprint density at radius 1 is 1.19 bits per heavy atom. The number of amides is 2. The lowest BCUT2D eigenvalue weighted by molar-refractivity contribution is -0.405. The van der Waals surface area contributed by atoms with Gasteiger partial charge in [0, 0.05) is 13.0 Å². The van der Waals surface area contributed by atoms with Gasteiger partial charge in [0.25, 0.3) is 17.6 Å². The Morgan fingerprint density at radius 3 is 2.35 bits per heavy atom. The van der Waals surface area contributed by atoms with Gasteiger partial charge < -0.3 is 51.7 Å². The summed E-state index contributed by atoms with van der Waals surface area (Å²) < 4.78 is 33.4. The van der Waals surface area contributed by atoms with Gasteiger partial charge in [-0.25, -0.2) is 0 Å². The largest absolute Gasteiger partial charge is 0.480 e. The number of carbonyl (C=O) groups excluding carboxylic acids is 2. The van der Waals surface area contributed by atoms with Gasteiger partial charge in [-0.05, 0) is 12.8 Å². The summed E-state index contributed by atoms with van der Waals surface area (Å²) in [5.41, 5.74) is 3.54. The van der Waals surface area contributed by atoms with Crippen LogP contribution in [0.15, 0.2) is 0 Å². The molecule has 31 heavy (non-hydrogen) atoms. The molecule has 15 heteroatoms. The third kappa shape index (κ3) is 6.25. The summed E-state index contributed by atoms with van der Waals surface area (Å²) in [6.45, 7) is -1.91. The van der Waals surface area contributed by atoms with E-state index in [0.29, 0.717) is 0 Å². The van der Waals surface area contributed by atoms with Crippen molar-refractivity contribution in [2.75, 3.05) is 19.7 Å². The Hall–Kier alpha value is -2.01. The van der Waals surface area contributed by atoms with Crippen molar-refractivity contribution in [3.63, 3.8) is 0 Å². The fourth-order valence-corrected chi connectivity index (χ4v) is 2.86. The van der Waals surface area contributed by atoms with Crippen molar-refractivity contribution in [3.05, 3.63) is 0 Å². The number of carbonyl (C=O) groups is 3. The molecular weight excluding hydrogens is 432 g/mol. The zero-order valence-corrected chi connectivity index (χ0v) is 16.4. The number of alkyl halides is 2. The lowest BCUT2D eigenvalue weighted by Crippen LogP contribution is -2.67. The van der Waals surface area contributed by atoms with Crippen LogP contribution >= 0.6 is 0 Å². The number of aliphatic hydroxyl groups excluding tert-OH is 4. The molecule has 180 valence electrons. The first kappa shape index (κ1) is 27.0. The van der Waals surface area contributed by atoms with Gasteiger partial charge in [-0.2, -0.15) is 8.78 Å². The highest BCUT2D eigenvalue weighted by molar-refractivity contribution is 5.85. The van der Waals surface area contributed by atoms with E-state index in [-0.39, 0.29) is 25.8 Å². The number of carboxylic acid groups (broad SMARTS) is 1. The predicted molar refractivity (Wildman–Crippen MR) is 94.1 cm³/mol. The highest BCUT2D eigenvalue weighted by Gasteiger charge is 2.71. The maximum absolute atomic E-state index is 14.5. The average molecular weight is 460 g/mol. The smallest absolute Gasteiger partial charge is 0.379 e. The third-order valence-electron chi connectivity index (χ3n) is 4.73. The van der Waals surface area contributed by atoms with Crippen LogP contribution in [0.1, 0.15) is 19.3 Å². The summed E-state index contributed by atoms with van der Waals surface area (Å²) >= 11 is 0. The molecule has 1 fully saturated rings. The molecular formula is C16H28F2N3O10+. The van der Waals surface area contributed by atoms with E-state index in [1.807, 2.05) is 5.32 Å². The number of hydrogen-bond donors (Lipinski definition) is 9. The Kier molecular flexibility index (Phi) is 9.62. The molecule has 2 unspecified atom stereocenters. The zero-order valence-electron chi connectivity index (χ0n) is 16.4. The van der Waals surface area contributed by atoms with Crippen molar-refractivity contribution >= 4 is 17.8 Å². The Balaban J connectivity index is 2.54. The van der Waals surface area contributed by atoms with Crippen LogP contribution in [0.2, 0.25) is 0 Å². The number of rotatable bonds is 12. The minimum atomic E-state index is -4.73. The number of unbranched alkanes of at least 4 members (excludes halogenated alkanes) is 1. The molecule has 13 nitrogen and oxygen atoms in total. The molecule has 1 heterocycles. The Labute approximate surface area is 174 Å². The molecule has 0 saturated carbocycles. The molecule has 0 radical (unpaired) electrons. The van der Waals surface area contributed by atoms with Crippen molar-refractivity contribution in [1.82, 2.24) is 10.6 Å². The van der Waals surface area contributed by atoms with Gasteiger partial charge in [0.05, 0.1) is 6.61 Å².